The van der Waals surface area contributed by atoms with Gasteiger partial charge >= 0.3 is 0 Å². The first kappa shape index (κ1) is 11.2. The lowest BCUT2D eigenvalue weighted by Crippen LogP contribution is -2.11. The highest BCUT2D eigenvalue weighted by atomic mass is 16.3. The normalized spacial score (nSPS) is 9.94. The number of nitrogens with one attached hydrogen (secondary N) is 1. The van der Waals surface area contributed by atoms with Crippen LogP contribution in [0.4, 0.5) is 5.69 Å². The summed E-state index contributed by atoms with van der Waals surface area (Å²) in [6, 6.07) is 13.8. The van der Waals surface area contributed by atoms with Crippen LogP contribution >= 0.6 is 0 Å². The van der Waals surface area contributed by atoms with Crippen LogP contribution in [0, 0.1) is 6.92 Å². The Hall–Kier alpha value is -2.29. The minimum Gasteiger partial charge on any atom is -0.508 e. The number of carbonyl (C=O) groups is 1. The number of hydrogen-bond acceptors (Lipinski definition) is 2. The third-order valence-electron chi connectivity index (χ3n) is 2.38. The van der Waals surface area contributed by atoms with Crippen molar-refractivity contribution in [2.75, 3.05) is 5.32 Å². The Kier molecular flexibility index (Phi) is 3.10. The molecule has 0 heterocycles. The molecule has 0 bridgehead atoms. The third-order valence-corrected chi connectivity index (χ3v) is 2.38. The van der Waals surface area contributed by atoms with Crippen LogP contribution in [0.15, 0.2) is 48.5 Å². The summed E-state index contributed by atoms with van der Waals surface area (Å²) in [5, 5.41) is 12.0. The van der Waals surface area contributed by atoms with Gasteiger partial charge in [-0.25, -0.2) is 0 Å². The molecule has 0 spiro atoms. The first-order valence-electron chi connectivity index (χ1n) is 5.32. The molecule has 3 nitrogen and oxygen atoms in total. The molecule has 0 aromatic heterocycles. The van der Waals surface area contributed by atoms with Crippen LogP contribution in [0.5, 0.6) is 5.75 Å². The molecule has 0 unspecified atom stereocenters. The van der Waals surface area contributed by atoms with Crippen molar-refractivity contribution >= 4 is 11.6 Å². The Bertz CT molecular complexity index is 549. The third kappa shape index (κ3) is 2.84. The fourth-order valence-corrected chi connectivity index (χ4v) is 1.57. The Balaban J connectivity index is 2.17. The summed E-state index contributed by atoms with van der Waals surface area (Å²) >= 11 is 0. The molecule has 86 valence electrons. The molecule has 0 saturated carbocycles. The average Bonchev–Trinajstić information content (AvgIpc) is 2.29. The van der Waals surface area contributed by atoms with Gasteiger partial charge in [-0.05, 0) is 31.2 Å². The highest BCUT2D eigenvalue weighted by Gasteiger charge is 2.05. The summed E-state index contributed by atoms with van der Waals surface area (Å²) in [5.74, 6) is -0.0497. The van der Waals surface area contributed by atoms with Crippen molar-refractivity contribution in [2.24, 2.45) is 0 Å². The van der Waals surface area contributed by atoms with E-state index in [4.69, 9.17) is 0 Å². The van der Waals surface area contributed by atoms with Gasteiger partial charge in [0.15, 0.2) is 0 Å². The van der Waals surface area contributed by atoms with Gasteiger partial charge in [0.1, 0.15) is 5.75 Å². The predicted octanol–water partition coefficient (Wildman–Crippen LogP) is 2.95. The lowest BCUT2D eigenvalue weighted by atomic mass is 10.1. The van der Waals surface area contributed by atoms with E-state index in [-0.39, 0.29) is 11.7 Å². The van der Waals surface area contributed by atoms with E-state index in [1.165, 1.54) is 6.07 Å². The van der Waals surface area contributed by atoms with Crippen molar-refractivity contribution in [2.45, 2.75) is 6.92 Å². The van der Waals surface area contributed by atoms with E-state index in [1.807, 2.05) is 25.1 Å². The maximum Gasteiger partial charge on any atom is 0.255 e. The van der Waals surface area contributed by atoms with Crippen molar-refractivity contribution in [1.29, 1.82) is 0 Å². The van der Waals surface area contributed by atoms with E-state index in [1.54, 1.807) is 24.3 Å². The Labute approximate surface area is 99.7 Å². The highest BCUT2D eigenvalue weighted by Crippen LogP contribution is 2.16. The quantitative estimate of drug-likeness (QED) is 0.828. The molecule has 0 aliphatic heterocycles. The number of anilines is 1. The number of rotatable bonds is 2. The molecule has 3 heteroatoms. The maximum absolute atomic E-state index is 11.9. The first-order chi connectivity index (χ1) is 8.15. The molecule has 1 amide bonds. The molecule has 2 N–H and O–H groups in total. The van der Waals surface area contributed by atoms with Crippen LogP contribution in [-0.4, -0.2) is 11.0 Å². The molecule has 17 heavy (non-hydrogen) atoms. The SMILES string of the molecule is Cc1cccc(C(=O)Nc2cccc(O)c2)c1. The van der Waals surface area contributed by atoms with Crippen molar-refractivity contribution in [3.63, 3.8) is 0 Å². The van der Waals surface area contributed by atoms with Crippen LogP contribution in [0.1, 0.15) is 15.9 Å². The van der Waals surface area contributed by atoms with Gasteiger partial charge in [0.2, 0.25) is 0 Å². The van der Waals surface area contributed by atoms with Crippen LogP contribution < -0.4 is 5.32 Å². The standard InChI is InChI=1S/C14H13NO2/c1-10-4-2-5-11(8-10)14(17)15-12-6-3-7-13(16)9-12/h2-9,16H,1H3,(H,15,17). The number of carbonyl (C=O) groups excluding carboxylic acids is 1. The molecule has 2 aromatic carbocycles. The number of benzene rings is 2. The molecule has 0 atom stereocenters. The van der Waals surface area contributed by atoms with Gasteiger partial charge in [-0.15, -0.1) is 0 Å². The fourth-order valence-electron chi connectivity index (χ4n) is 1.57. The second-order valence-corrected chi connectivity index (χ2v) is 3.87. The van der Waals surface area contributed by atoms with E-state index in [9.17, 15) is 9.90 Å². The Morgan fingerprint density at radius 3 is 2.59 bits per heavy atom. The van der Waals surface area contributed by atoms with Gasteiger partial charge in [-0.1, -0.05) is 23.8 Å². The van der Waals surface area contributed by atoms with E-state index >= 15 is 0 Å². The molecule has 2 rings (SSSR count). The molecule has 0 aliphatic carbocycles. The van der Waals surface area contributed by atoms with Gasteiger partial charge in [0.25, 0.3) is 5.91 Å². The van der Waals surface area contributed by atoms with Crippen molar-refractivity contribution < 1.29 is 9.90 Å². The van der Waals surface area contributed by atoms with Gasteiger partial charge in [0.05, 0.1) is 0 Å². The minimum atomic E-state index is -0.181. The number of hydrogen-bond donors (Lipinski definition) is 2. The van der Waals surface area contributed by atoms with Crippen molar-refractivity contribution in [1.82, 2.24) is 0 Å². The van der Waals surface area contributed by atoms with Crippen molar-refractivity contribution in [3.8, 4) is 5.75 Å². The van der Waals surface area contributed by atoms with Gasteiger partial charge < -0.3 is 10.4 Å². The van der Waals surface area contributed by atoms with Crippen LogP contribution in [-0.2, 0) is 0 Å². The summed E-state index contributed by atoms with van der Waals surface area (Å²) in [5.41, 5.74) is 2.22. The number of phenols is 1. The van der Waals surface area contributed by atoms with E-state index in [2.05, 4.69) is 5.32 Å². The van der Waals surface area contributed by atoms with Gasteiger partial charge in [-0.2, -0.15) is 0 Å². The maximum atomic E-state index is 11.9. The zero-order chi connectivity index (χ0) is 12.3. The first-order valence-corrected chi connectivity index (χ1v) is 5.32. The number of aromatic hydroxyl groups is 1. The summed E-state index contributed by atoms with van der Waals surface area (Å²) in [6.07, 6.45) is 0. The van der Waals surface area contributed by atoms with E-state index < -0.39 is 0 Å². The van der Waals surface area contributed by atoms with E-state index in [0.717, 1.165) is 5.56 Å². The summed E-state index contributed by atoms with van der Waals surface area (Å²) < 4.78 is 0. The summed E-state index contributed by atoms with van der Waals surface area (Å²) in [6.45, 7) is 1.94. The monoisotopic (exact) mass is 227 g/mol. The van der Waals surface area contributed by atoms with Crippen LogP contribution in [0.25, 0.3) is 0 Å². The number of amides is 1. The lowest BCUT2D eigenvalue weighted by molar-refractivity contribution is 0.102. The molecular formula is C14H13NO2. The molecule has 2 aromatic rings. The molecule has 0 saturated heterocycles. The van der Waals surface area contributed by atoms with Gasteiger partial charge in [0, 0.05) is 17.3 Å². The minimum absolute atomic E-state index is 0.132. The molecule has 0 radical (unpaired) electrons. The predicted molar refractivity (Wildman–Crippen MR) is 67.2 cm³/mol. The van der Waals surface area contributed by atoms with Crippen LogP contribution in [0.2, 0.25) is 0 Å². The van der Waals surface area contributed by atoms with Gasteiger partial charge in [-0.3, -0.25) is 4.79 Å². The lowest BCUT2D eigenvalue weighted by Gasteiger charge is -2.06. The van der Waals surface area contributed by atoms with Crippen LogP contribution in [0.3, 0.4) is 0 Å². The summed E-state index contributed by atoms with van der Waals surface area (Å²) in [4.78, 5) is 11.9. The molecule has 0 fully saturated rings. The topological polar surface area (TPSA) is 49.3 Å². The zero-order valence-corrected chi connectivity index (χ0v) is 9.47. The zero-order valence-electron chi connectivity index (χ0n) is 9.47. The van der Waals surface area contributed by atoms with E-state index in [0.29, 0.717) is 11.3 Å². The number of phenolic OH excluding ortho intramolecular Hbond substituents is 1. The average molecular weight is 227 g/mol. The summed E-state index contributed by atoms with van der Waals surface area (Å²) in [7, 11) is 0. The highest BCUT2D eigenvalue weighted by molar-refractivity contribution is 6.04. The number of aryl methyl sites for hydroxylation is 1. The Morgan fingerprint density at radius 2 is 1.88 bits per heavy atom. The molecular weight excluding hydrogens is 214 g/mol. The second kappa shape index (κ2) is 4.70. The fraction of sp³-hybridized carbons (Fsp3) is 0.0714. The molecule has 0 aliphatic rings. The largest absolute Gasteiger partial charge is 0.508 e. The second-order valence-electron chi connectivity index (χ2n) is 3.87. The Morgan fingerprint density at radius 1 is 1.12 bits per heavy atom. The van der Waals surface area contributed by atoms with Crippen molar-refractivity contribution in [3.05, 3.63) is 59.7 Å². The smallest absolute Gasteiger partial charge is 0.255 e.